The van der Waals surface area contributed by atoms with Crippen LogP contribution in [-0.2, 0) is 11.3 Å². The van der Waals surface area contributed by atoms with Gasteiger partial charge in [0.2, 0.25) is 0 Å². The van der Waals surface area contributed by atoms with Crippen molar-refractivity contribution in [2.24, 2.45) is 0 Å². The number of aliphatic hydroxyl groups is 1. The molecule has 2 rings (SSSR count). The number of hydrogen-bond donors (Lipinski definition) is 1. The van der Waals surface area contributed by atoms with E-state index >= 15 is 0 Å². The van der Waals surface area contributed by atoms with Gasteiger partial charge in [-0.3, -0.25) is 0 Å². The van der Waals surface area contributed by atoms with E-state index in [9.17, 15) is 9.90 Å². The third kappa shape index (κ3) is 4.88. The van der Waals surface area contributed by atoms with Gasteiger partial charge in [0.05, 0.1) is 6.10 Å². The van der Waals surface area contributed by atoms with Crippen LogP contribution >= 0.6 is 0 Å². The molecular formula is C18H25NO3. The van der Waals surface area contributed by atoms with Crippen molar-refractivity contribution in [2.45, 2.75) is 50.9 Å². The molecule has 1 amide bonds. The second-order valence-electron chi connectivity index (χ2n) is 5.80. The number of piperidine rings is 1. The molecule has 1 heterocycles. The standard InChI is InChI=1S/C18H25NO3/c1-2-8-17(20)13-16-11-6-7-12-19(16)18(21)22-14-15-9-4-3-5-10-15/h2-5,9-10,16-17,20H,1,6-8,11-14H2/t16-,17+/m1/s1. The van der Waals surface area contributed by atoms with Crippen molar-refractivity contribution in [2.75, 3.05) is 6.54 Å². The van der Waals surface area contributed by atoms with E-state index in [1.54, 1.807) is 11.0 Å². The Balaban J connectivity index is 1.88. The van der Waals surface area contributed by atoms with Crippen LogP contribution in [0.2, 0.25) is 0 Å². The molecule has 1 aliphatic heterocycles. The number of ether oxygens (including phenoxy) is 1. The Bertz CT molecular complexity index is 474. The second-order valence-corrected chi connectivity index (χ2v) is 5.80. The van der Waals surface area contributed by atoms with Crippen LogP contribution in [0.5, 0.6) is 0 Å². The Morgan fingerprint density at radius 3 is 2.91 bits per heavy atom. The van der Waals surface area contributed by atoms with Gasteiger partial charge >= 0.3 is 6.09 Å². The normalized spacial score (nSPS) is 19.5. The number of carbonyl (C=O) groups excluding carboxylic acids is 1. The summed E-state index contributed by atoms with van der Waals surface area (Å²) in [6, 6.07) is 9.74. The average Bonchev–Trinajstić information content (AvgIpc) is 2.54. The van der Waals surface area contributed by atoms with Crippen molar-refractivity contribution >= 4 is 6.09 Å². The van der Waals surface area contributed by atoms with E-state index in [2.05, 4.69) is 6.58 Å². The van der Waals surface area contributed by atoms with Gasteiger partial charge < -0.3 is 14.7 Å². The molecule has 120 valence electrons. The highest BCUT2D eigenvalue weighted by Crippen LogP contribution is 2.23. The van der Waals surface area contributed by atoms with Crippen molar-refractivity contribution in [3.05, 3.63) is 48.6 Å². The van der Waals surface area contributed by atoms with E-state index in [1.165, 1.54) is 0 Å². The first kappa shape index (κ1) is 16.6. The summed E-state index contributed by atoms with van der Waals surface area (Å²) in [5.74, 6) is 0. The number of benzene rings is 1. The molecule has 0 radical (unpaired) electrons. The average molecular weight is 303 g/mol. The number of rotatable bonds is 6. The van der Waals surface area contributed by atoms with Crippen LogP contribution in [0.3, 0.4) is 0 Å². The van der Waals surface area contributed by atoms with E-state index < -0.39 is 6.10 Å². The molecule has 0 saturated carbocycles. The summed E-state index contributed by atoms with van der Waals surface area (Å²) < 4.78 is 5.42. The molecule has 1 aliphatic rings. The lowest BCUT2D eigenvalue weighted by Gasteiger charge is -2.35. The maximum Gasteiger partial charge on any atom is 0.410 e. The Morgan fingerprint density at radius 2 is 2.18 bits per heavy atom. The molecule has 1 aromatic rings. The molecule has 4 nitrogen and oxygen atoms in total. The topological polar surface area (TPSA) is 49.8 Å². The summed E-state index contributed by atoms with van der Waals surface area (Å²) in [5, 5.41) is 9.96. The molecule has 4 heteroatoms. The maximum atomic E-state index is 12.3. The van der Waals surface area contributed by atoms with Crippen LogP contribution < -0.4 is 0 Å². The lowest BCUT2D eigenvalue weighted by Crippen LogP contribution is -2.45. The van der Waals surface area contributed by atoms with Gasteiger partial charge in [-0.15, -0.1) is 6.58 Å². The molecule has 0 spiro atoms. The number of likely N-dealkylation sites (tertiary alicyclic amines) is 1. The van der Waals surface area contributed by atoms with Crippen LogP contribution in [0.25, 0.3) is 0 Å². The van der Waals surface area contributed by atoms with Crippen LogP contribution in [0.4, 0.5) is 4.79 Å². The smallest absolute Gasteiger partial charge is 0.410 e. The van der Waals surface area contributed by atoms with Gasteiger partial charge in [-0.05, 0) is 37.7 Å². The van der Waals surface area contributed by atoms with Gasteiger partial charge in [-0.2, -0.15) is 0 Å². The van der Waals surface area contributed by atoms with E-state index in [0.717, 1.165) is 24.8 Å². The van der Waals surface area contributed by atoms with Crippen LogP contribution in [-0.4, -0.2) is 34.8 Å². The minimum Gasteiger partial charge on any atom is -0.445 e. The van der Waals surface area contributed by atoms with Crippen molar-refractivity contribution in [1.29, 1.82) is 0 Å². The maximum absolute atomic E-state index is 12.3. The van der Waals surface area contributed by atoms with E-state index in [1.807, 2.05) is 30.3 Å². The first-order valence-corrected chi connectivity index (χ1v) is 7.97. The van der Waals surface area contributed by atoms with E-state index in [0.29, 0.717) is 19.4 Å². The Labute approximate surface area is 132 Å². The second kappa shape index (κ2) is 8.59. The third-order valence-electron chi connectivity index (χ3n) is 4.05. The Kier molecular flexibility index (Phi) is 6.46. The SMILES string of the molecule is C=CC[C@H](O)C[C@H]1CCCCN1C(=O)OCc1ccccc1. The number of carbonyl (C=O) groups is 1. The number of hydrogen-bond acceptors (Lipinski definition) is 3. The zero-order valence-corrected chi connectivity index (χ0v) is 13.0. The fraction of sp³-hybridized carbons (Fsp3) is 0.500. The van der Waals surface area contributed by atoms with E-state index in [-0.39, 0.29) is 18.7 Å². The molecule has 0 aliphatic carbocycles. The van der Waals surface area contributed by atoms with Crippen molar-refractivity contribution < 1.29 is 14.6 Å². The van der Waals surface area contributed by atoms with Crippen LogP contribution in [0.1, 0.15) is 37.7 Å². The molecule has 1 saturated heterocycles. The van der Waals surface area contributed by atoms with Crippen LogP contribution in [0.15, 0.2) is 43.0 Å². The highest BCUT2D eigenvalue weighted by atomic mass is 16.6. The summed E-state index contributed by atoms with van der Waals surface area (Å²) in [6.45, 7) is 4.64. The van der Waals surface area contributed by atoms with Gasteiger partial charge in [-0.1, -0.05) is 36.4 Å². The lowest BCUT2D eigenvalue weighted by atomic mass is 9.96. The van der Waals surface area contributed by atoms with Gasteiger partial charge in [0, 0.05) is 12.6 Å². The summed E-state index contributed by atoms with van der Waals surface area (Å²) in [5.41, 5.74) is 0.983. The number of aliphatic hydroxyl groups excluding tert-OH is 1. The third-order valence-corrected chi connectivity index (χ3v) is 4.05. The number of nitrogens with zero attached hydrogens (tertiary/aromatic N) is 1. The predicted octanol–water partition coefficient (Wildman–Crippen LogP) is 3.50. The summed E-state index contributed by atoms with van der Waals surface area (Å²) in [7, 11) is 0. The first-order valence-electron chi connectivity index (χ1n) is 7.97. The molecule has 22 heavy (non-hydrogen) atoms. The molecule has 0 bridgehead atoms. The molecule has 1 fully saturated rings. The van der Waals surface area contributed by atoms with E-state index in [4.69, 9.17) is 4.74 Å². The fourth-order valence-electron chi connectivity index (χ4n) is 2.89. The predicted molar refractivity (Wildman–Crippen MR) is 86.4 cm³/mol. The van der Waals surface area contributed by atoms with Crippen molar-refractivity contribution in [1.82, 2.24) is 4.90 Å². The van der Waals surface area contributed by atoms with Crippen molar-refractivity contribution in [3.8, 4) is 0 Å². The fourth-order valence-corrected chi connectivity index (χ4v) is 2.89. The van der Waals surface area contributed by atoms with Crippen LogP contribution in [0, 0.1) is 0 Å². The Hall–Kier alpha value is -1.81. The monoisotopic (exact) mass is 303 g/mol. The molecule has 0 unspecified atom stereocenters. The zero-order valence-electron chi connectivity index (χ0n) is 13.0. The highest BCUT2D eigenvalue weighted by molar-refractivity contribution is 5.68. The summed E-state index contributed by atoms with van der Waals surface area (Å²) >= 11 is 0. The number of amides is 1. The molecule has 1 aromatic carbocycles. The minimum atomic E-state index is -0.440. The largest absolute Gasteiger partial charge is 0.445 e. The van der Waals surface area contributed by atoms with Gasteiger partial charge in [0.15, 0.2) is 0 Å². The first-order chi connectivity index (χ1) is 10.7. The molecule has 2 atom stereocenters. The highest BCUT2D eigenvalue weighted by Gasteiger charge is 2.29. The van der Waals surface area contributed by atoms with Crippen molar-refractivity contribution in [3.63, 3.8) is 0 Å². The van der Waals surface area contributed by atoms with Gasteiger partial charge in [-0.25, -0.2) is 4.79 Å². The zero-order chi connectivity index (χ0) is 15.8. The van der Waals surface area contributed by atoms with Gasteiger partial charge in [0.25, 0.3) is 0 Å². The molecule has 1 N–H and O–H groups in total. The minimum absolute atomic E-state index is 0.0620. The molecule has 0 aromatic heterocycles. The van der Waals surface area contributed by atoms with Gasteiger partial charge in [0.1, 0.15) is 6.61 Å². The Morgan fingerprint density at radius 1 is 1.41 bits per heavy atom. The lowest BCUT2D eigenvalue weighted by molar-refractivity contribution is 0.0490. The summed E-state index contributed by atoms with van der Waals surface area (Å²) in [4.78, 5) is 14.1. The summed E-state index contributed by atoms with van der Waals surface area (Å²) in [6.07, 6.45) is 5.16. The quantitative estimate of drug-likeness (QED) is 0.818. The molecular weight excluding hydrogens is 278 g/mol.